The molecule has 0 N–H and O–H groups in total. The van der Waals surface area contributed by atoms with E-state index in [9.17, 15) is 4.39 Å². The molecule has 0 spiro atoms. The van der Waals surface area contributed by atoms with Gasteiger partial charge in [-0.2, -0.15) is 0 Å². The third-order valence-corrected chi connectivity index (χ3v) is 3.91. The maximum absolute atomic E-state index is 14.1. The van der Waals surface area contributed by atoms with Gasteiger partial charge in [-0.25, -0.2) is 9.37 Å². The van der Waals surface area contributed by atoms with Gasteiger partial charge in [-0.3, -0.25) is 0 Å². The van der Waals surface area contributed by atoms with Crippen molar-refractivity contribution in [3.8, 4) is 0 Å². The Labute approximate surface area is 138 Å². The number of rotatable bonds is 4. The Bertz CT molecular complexity index is 1000. The van der Waals surface area contributed by atoms with Crippen LogP contribution in [0, 0.1) is 5.82 Å². The molecule has 118 valence electrons. The van der Waals surface area contributed by atoms with Crippen LogP contribution in [0.25, 0.3) is 23.2 Å². The maximum atomic E-state index is 14.1. The number of para-hydroxylation sites is 2. The summed E-state index contributed by atoms with van der Waals surface area (Å²) < 4.78 is 21.4. The predicted octanol–water partition coefficient (Wildman–Crippen LogP) is 4.99. The van der Waals surface area contributed by atoms with Gasteiger partial charge in [-0.1, -0.05) is 30.3 Å². The molecule has 3 nitrogen and oxygen atoms in total. The van der Waals surface area contributed by atoms with Gasteiger partial charge in [0, 0.05) is 5.56 Å². The molecule has 0 saturated heterocycles. The van der Waals surface area contributed by atoms with Gasteiger partial charge in [-0.05, 0) is 42.5 Å². The van der Waals surface area contributed by atoms with Gasteiger partial charge in [0.15, 0.2) is 0 Å². The lowest BCUT2D eigenvalue weighted by molar-refractivity contribution is 0.557. The van der Waals surface area contributed by atoms with Crippen LogP contribution in [0.15, 0.2) is 71.3 Å². The first-order chi connectivity index (χ1) is 11.8. The second kappa shape index (κ2) is 6.16. The Morgan fingerprint density at radius 3 is 2.62 bits per heavy atom. The Balaban J connectivity index is 1.80. The number of imidazole rings is 1. The molecule has 0 amide bonds. The van der Waals surface area contributed by atoms with Crippen LogP contribution in [0.3, 0.4) is 0 Å². The fourth-order valence-electron chi connectivity index (χ4n) is 2.73. The van der Waals surface area contributed by atoms with Crippen molar-refractivity contribution in [1.82, 2.24) is 9.55 Å². The van der Waals surface area contributed by atoms with E-state index in [-0.39, 0.29) is 5.82 Å². The van der Waals surface area contributed by atoms with Gasteiger partial charge < -0.3 is 8.98 Å². The number of hydrogen-bond acceptors (Lipinski definition) is 2. The summed E-state index contributed by atoms with van der Waals surface area (Å²) in [5, 5.41) is 0. The summed E-state index contributed by atoms with van der Waals surface area (Å²) in [6.45, 7) is 0.422. The predicted molar refractivity (Wildman–Crippen MR) is 92.9 cm³/mol. The van der Waals surface area contributed by atoms with Crippen LogP contribution in [-0.2, 0) is 6.54 Å². The fraction of sp³-hybridized carbons (Fsp3) is 0.0500. The first-order valence-electron chi connectivity index (χ1n) is 7.71. The molecule has 4 aromatic rings. The van der Waals surface area contributed by atoms with Crippen molar-refractivity contribution in [2.75, 3.05) is 0 Å². The molecule has 0 bridgehead atoms. The van der Waals surface area contributed by atoms with Crippen molar-refractivity contribution in [3.63, 3.8) is 0 Å². The average molecular weight is 318 g/mol. The van der Waals surface area contributed by atoms with Gasteiger partial charge in [0.1, 0.15) is 17.4 Å². The van der Waals surface area contributed by atoms with E-state index >= 15 is 0 Å². The summed E-state index contributed by atoms with van der Waals surface area (Å²) in [4.78, 5) is 4.65. The van der Waals surface area contributed by atoms with Crippen LogP contribution in [0.5, 0.6) is 0 Å². The molecular formula is C20H15FN2O. The molecule has 2 aromatic carbocycles. The molecule has 0 saturated carbocycles. The van der Waals surface area contributed by atoms with Gasteiger partial charge >= 0.3 is 0 Å². The molecule has 2 aromatic heterocycles. The van der Waals surface area contributed by atoms with E-state index in [0.717, 1.165) is 22.6 Å². The highest BCUT2D eigenvalue weighted by Gasteiger charge is 2.10. The lowest BCUT2D eigenvalue weighted by atomic mass is 10.2. The zero-order chi connectivity index (χ0) is 16.4. The molecule has 0 aliphatic rings. The molecule has 2 heterocycles. The standard InChI is InChI=1S/C20H15FN2O/c21-17-8-2-1-6-15(17)14-23-19-10-4-3-9-18(19)22-20(23)12-11-16-7-5-13-24-16/h1-13H,14H2. The number of aromatic nitrogens is 2. The molecule has 0 aliphatic heterocycles. The minimum Gasteiger partial charge on any atom is -0.465 e. The zero-order valence-electron chi connectivity index (χ0n) is 12.9. The minimum absolute atomic E-state index is 0.212. The van der Waals surface area contributed by atoms with Crippen LogP contribution in [0.4, 0.5) is 4.39 Å². The summed E-state index contributed by atoms with van der Waals surface area (Å²) in [5.41, 5.74) is 2.49. The molecule has 4 rings (SSSR count). The van der Waals surface area contributed by atoms with Gasteiger partial charge in [-0.15, -0.1) is 0 Å². The molecule has 0 atom stereocenters. The average Bonchev–Trinajstić information content (AvgIpc) is 3.23. The molecule has 4 heteroatoms. The first kappa shape index (κ1) is 14.5. The number of halogens is 1. The van der Waals surface area contributed by atoms with Crippen LogP contribution >= 0.6 is 0 Å². The monoisotopic (exact) mass is 318 g/mol. The summed E-state index contributed by atoms with van der Waals surface area (Å²) in [5.74, 6) is 1.30. The normalized spacial score (nSPS) is 11.5. The Hall–Kier alpha value is -3.14. The summed E-state index contributed by atoms with van der Waals surface area (Å²) in [7, 11) is 0. The number of hydrogen-bond donors (Lipinski definition) is 0. The van der Waals surface area contributed by atoms with Gasteiger partial charge in [0.05, 0.1) is 23.8 Å². The van der Waals surface area contributed by atoms with E-state index in [1.165, 1.54) is 6.07 Å². The molecule has 0 aliphatic carbocycles. The van der Waals surface area contributed by atoms with Crippen LogP contribution in [-0.4, -0.2) is 9.55 Å². The number of furan rings is 1. The van der Waals surface area contributed by atoms with E-state index in [1.54, 1.807) is 18.4 Å². The first-order valence-corrected chi connectivity index (χ1v) is 7.71. The van der Waals surface area contributed by atoms with E-state index in [2.05, 4.69) is 4.98 Å². The highest BCUT2D eigenvalue weighted by atomic mass is 19.1. The Kier molecular flexibility index (Phi) is 3.71. The van der Waals surface area contributed by atoms with Crippen LogP contribution < -0.4 is 0 Å². The topological polar surface area (TPSA) is 31.0 Å². The van der Waals surface area contributed by atoms with E-state index < -0.39 is 0 Å². The van der Waals surface area contributed by atoms with Crippen molar-refractivity contribution in [2.24, 2.45) is 0 Å². The lowest BCUT2D eigenvalue weighted by Crippen LogP contribution is -2.04. The number of fused-ring (bicyclic) bond motifs is 1. The molecule has 0 radical (unpaired) electrons. The summed E-state index contributed by atoms with van der Waals surface area (Å²) in [6, 6.07) is 18.4. The highest BCUT2D eigenvalue weighted by molar-refractivity contribution is 5.79. The van der Waals surface area contributed by atoms with E-state index in [0.29, 0.717) is 12.1 Å². The zero-order valence-corrected chi connectivity index (χ0v) is 12.9. The SMILES string of the molecule is Fc1ccccc1Cn1c(C=Cc2ccco2)nc2ccccc21. The second-order valence-corrected chi connectivity index (χ2v) is 5.49. The fourth-order valence-corrected chi connectivity index (χ4v) is 2.73. The largest absolute Gasteiger partial charge is 0.465 e. The third kappa shape index (κ3) is 2.74. The number of nitrogens with zero attached hydrogens (tertiary/aromatic N) is 2. The van der Waals surface area contributed by atoms with Gasteiger partial charge in [0.25, 0.3) is 0 Å². The van der Waals surface area contributed by atoms with E-state index in [1.807, 2.05) is 59.2 Å². The highest BCUT2D eigenvalue weighted by Crippen LogP contribution is 2.20. The van der Waals surface area contributed by atoms with Crippen LogP contribution in [0.2, 0.25) is 0 Å². The van der Waals surface area contributed by atoms with Crippen molar-refractivity contribution < 1.29 is 8.81 Å². The van der Waals surface area contributed by atoms with Crippen molar-refractivity contribution in [3.05, 3.63) is 89.9 Å². The molecular weight excluding hydrogens is 303 g/mol. The second-order valence-electron chi connectivity index (χ2n) is 5.49. The quantitative estimate of drug-likeness (QED) is 0.531. The number of benzene rings is 2. The molecule has 0 fully saturated rings. The third-order valence-electron chi connectivity index (χ3n) is 3.91. The van der Waals surface area contributed by atoms with Crippen LogP contribution in [0.1, 0.15) is 17.1 Å². The van der Waals surface area contributed by atoms with Crippen molar-refractivity contribution in [1.29, 1.82) is 0 Å². The lowest BCUT2D eigenvalue weighted by Gasteiger charge is -2.08. The maximum Gasteiger partial charge on any atom is 0.134 e. The smallest absolute Gasteiger partial charge is 0.134 e. The summed E-state index contributed by atoms with van der Waals surface area (Å²) >= 11 is 0. The summed E-state index contributed by atoms with van der Waals surface area (Å²) in [6.07, 6.45) is 5.38. The molecule has 24 heavy (non-hydrogen) atoms. The van der Waals surface area contributed by atoms with Crippen molar-refractivity contribution >= 4 is 23.2 Å². The Morgan fingerprint density at radius 2 is 1.79 bits per heavy atom. The van der Waals surface area contributed by atoms with E-state index in [4.69, 9.17) is 4.42 Å². The molecule has 0 unspecified atom stereocenters. The minimum atomic E-state index is -0.212. The van der Waals surface area contributed by atoms with Crippen molar-refractivity contribution in [2.45, 2.75) is 6.54 Å². The Morgan fingerprint density at radius 1 is 0.958 bits per heavy atom. The van der Waals surface area contributed by atoms with Gasteiger partial charge in [0.2, 0.25) is 0 Å².